The third-order valence-electron chi connectivity index (χ3n) is 4.54. The Morgan fingerprint density at radius 1 is 1.23 bits per heavy atom. The van der Waals surface area contributed by atoms with Crippen LogP contribution in [-0.4, -0.2) is 28.9 Å². The number of hydrogen-bond acceptors (Lipinski definition) is 5. The van der Waals surface area contributed by atoms with Crippen LogP contribution in [0.5, 0.6) is 0 Å². The van der Waals surface area contributed by atoms with Crippen molar-refractivity contribution in [1.29, 1.82) is 0 Å². The van der Waals surface area contributed by atoms with Gasteiger partial charge in [0, 0.05) is 31.1 Å². The van der Waals surface area contributed by atoms with E-state index in [-0.39, 0.29) is 5.91 Å². The van der Waals surface area contributed by atoms with E-state index in [1.165, 1.54) is 10.3 Å². The zero-order valence-electron chi connectivity index (χ0n) is 12.3. The number of fused-ring (bicyclic) bond motifs is 1. The van der Waals surface area contributed by atoms with E-state index in [0.29, 0.717) is 6.04 Å². The molecule has 0 aliphatic carbocycles. The van der Waals surface area contributed by atoms with Gasteiger partial charge in [0.05, 0.1) is 21.4 Å². The summed E-state index contributed by atoms with van der Waals surface area (Å²) < 4.78 is 1.22. The Labute approximate surface area is 132 Å². The molecule has 22 heavy (non-hydrogen) atoms. The van der Waals surface area contributed by atoms with Crippen LogP contribution in [-0.2, 0) is 4.79 Å². The van der Waals surface area contributed by atoms with Crippen molar-refractivity contribution in [2.24, 2.45) is 10.2 Å². The van der Waals surface area contributed by atoms with E-state index in [0.717, 1.165) is 42.7 Å². The highest BCUT2D eigenvalue weighted by molar-refractivity contribution is 7.16. The van der Waals surface area contributed by atoms with Gasteiger partial charge in [-0.1, -0.05) is 6.07 Å². The fourth-order valence-electron chi connectivity index (χ4n) is 3.15. The van der Waals surface area contributed by atoms with Crippen LogP contribution < -0.4 is 0 Å². The number of carbonyl (C=O) groups is 1. The number of benzene rings is 1. The molecule has 1 aromatic carbocycles. The van der Waals surface area contributed by atoms with E-state index in [9.17, 15) is 4.79 Å². The summed E-state index contributed by atoms with van der Waals surface area (Å²) in [7, 11) is 0. The molecular formula is C16H16N4OS. The molecule has 0 N–H and O–H groups in total. The van der Waals surface area contributed by atoms with Gasteiger partial charge in [0.1, 0.15) is 0 Å². The number of aromatic nitrogens is 1. The molecule has 2 aromatic rings. The maximum absolute atomic E-state index is 11.7. The van der Waals surface area contributed by atoms with E-state index >= 15 is 0 Å². The highest BCUT2D eigenvalue weighted by Gasteiger charge is 2.27. The molecule has 2 aliphatic rings. The maximum atomic E-state index is 11.7. The molecule has 1 unspecified atom stereocenters. The first-order chi connectivity index (χ1) is 10.7. The minimum absolute atomic E-state index is 0.145. The predicted molar refractivity (Wildman–Crippen MR) is 85.7 cm³/mol. The fourth-order valence-corrected chi connectivity index (χ4v) is 3.81. The Kier molecular flexibility index (Phi) is 3.35. The van der Waals surface area contributed by atoms with Crippen molar-refractivity contribution in [3.63, 3.8) is 0 Å². The Morgan fingerprint density at radius 3 is 3.00 bits per heavy atom. The number of azo groups is 1. The summed E-state index contributed by atoms with van der Waals surface area (Å²) in [5.74, 6) is -0.145. The van der Waals surface area contributed by atoms with E-state index in [1.54, 1.807) is 11.3 Å². The van der Waals surface area contributed by atoms with E-state index in [1.807, 2.05) is 5.51 Å². The zero-order valence-corrected chi connectivity index (χ0v) is 13.1. The van der Waals surface area contributed by atoms with Gasteiger partial charge in [0.2, 0.25) is 0 Å². The second-order valence-electron chi connectivity index (χ2n) is 5.72. The average Bonchev–Trinajstić information content (AvgIpc) is 3.07. The van der Waals surface area contributed by atoms with Gasteiger partial charge < -0.3 is 0 Å². The van der Waals surface area contributed by atoms with Crippen LogP contribution in [0.1, 0.15) is 31.4 Å². The van der Waals surface area contributed by atoms with E-state index in [4.69, 9.17) is 0 Å². The lowest BCUT2D eigenvalue weighted by molar-refractivity contribution is -0.114. The summed E-state index contributed by atoms with van der Waals surface area (Å²) in [6, 6.07) is 6.81. The summed E-state index contributed by atoms with van der Waals surface area (Å²) in [5.41, 5.74) is 5.91. The molecule has 2 aliphatic heterocycles. The number of rotatable bonds is 2. The summed E-state index contributed by atoms with van der Waals surface area (Å²) in [6.07, 6.45) is 1.54. The quantitative estimate of drug-likeness (QED) is 0.849. The lowest BCUT2D eigenvalue weighted by Gasteiger charge is -2.28. The summed E-state index contributed by atoms with van der Waals surface area (Å²) >= 11 is 1.67. The lowest BCUT2D eigenvalue weighted by Crippen LogP contribution is -2.28. The Bertz CT molecular complexity index is 797. The minimum Gasteiger partial charge on any atom is -0.296 e. The number of nitrogens with zero attached hydrogens (tertiary/aromatic N) is 4. The molecule has 3 heterocycles. The highest BCUT2D eigenvalue weighted by atomic mass is 32.1. The Hall–Kier alpha value is -1.92. The normalized spacial score (nSPS) is 20.5. The molecule has 4 rings (SSSR count). The van der Waals surface area contributed by atoms with Gasteiger partial charge >= 0.3 is 0 Å². The molecule has 0 saturated carbocycles. The van der Waals surface area contributed by atoms with Gasteiger partial charge in [-0.2, -0.15) is 5.11 Å². The molecule has 1 atom stereocenters. The van der Waals surface area contributed by atoms with Crippen molar-refractivity contribution in [2.45, 2.75) is 25.8 Å². The van der Waals surface area contributed by atoms with Crippen LogP contribution in [0.3, 0.4) is 0 Å². The van der Waals surface area contributed by atoms with Gasteiger partial charge in [0.25, 0.3) is 5.91 Å². The van der Waals surface area contributed by atoms with Crippen molar-refractivity contribution >= 4 is 27.5 Å². The number of carbonyl (C=O) groups excluding carboxylic acids is 1. The molecule has 0 spiro atoms. The SMILES string of the molecule is CC(c1ccc2scnc2c1)N1CCC2=C(CC1)C(=O)N=N2. The molecule has 6 heteroatoms. The largest absolute Gasteiger partial charge is 0.296 e. The molecule has 1 amide bonds. The third kappa shape index (κ3) is 2.28. The van der Waals surface area contributed by atoms with Crippen molar-refractivity contribution in [2.75, 3.05) is 13.1 Å². The third-order valence-corrected chi connectivity index (χ3v) is 5.35. The van der Waals surface area contributed by atoms with Gasteiger partial charge in [-0.3, -0.25) is 9.69 Å². The van der Waals surface area contributed by atoms with Crippen LogP contribution in [0.15, 0.2) is 45.2 Å². The standard InChI is InChI=1S/C16H16N4OS/c1-10(11-2-3-15-14(8-11)17-9-22-15)20-6-4-12-13(5-7-20)18-19-16(12)21/h2-3,8-10H,4-7H2,1H3. The molecule has 0 fully saturated rings. The van der Waals surface area contributed by atoms with Crippen LogP contribution in [0, 0.1) is 0 Å². The van der Waals surface area contributed by atoms with Gasteiger partial charge in [-0.05, 0) is 31.0 Å². The Morgan fingerprint density at radius 2 is 2.09 bits per heavy atom. The second kappa shape index (κ2) is 5.37. The van der Waals surface area contributed by atoms with Crippen molar-refractivity contribution in [1.82, 2.24) is 9.88 Å². The minimum atomic E-state index is -0.145. The first-order valence-corrected chi connectivity index (χ1v) is 8.35. The zero-order chi connectivity index (χ0) is 15.1. The molecule has 1 aromatic heterocycles. The van der Waals surface area contributed by atoms with Crippen molar-refractivity contribution in [3.05, 3.63) is 40.5 Å². The van der Waals surface area contributed by atoms with Crippen LogP contribution in [0.4, 0.5) is 0 Å². The predicted octanol–water partition coefficient (Wildman–Crippen LogP) is 3.70. The lowest BCUT2D eigenvalue weighted by atomic mass is 10.1. The molecule has 5 nitrogen and oxygen atoms in total. The first-order valence-electron chi connectivity index (χ1n) is 7.47. The number of amides is 1. The van der Waals surface area contributed by atoms with Gasteiger partial charge in [-0.25, -0.2) is 4.98 Å². The monoisotopic (exact) mass is 312 g/mol. The Balaban J connectivity index is 1.54. The fraction of sp³-hybridized carbons (Fsp3) is 0.375. The molecule has 0 saturated heterocycles. The summed E-state index contributed by atoms with van der Waals surface area (Å²) in [6.45, 7) is 3.99. The van der Waals surface area contributed by atoms with Gasteiger partial charge in [0.15, 0.2) is 0 Å². The number of hydrogen-bond donors (Lipinski definition) is 0. The first kappa shape index (κ1) is 13.7. The van der Waals surface area contributed by atoms with Crippen molar-refractivity contribution < 1.29 is 4.79 Å². The maximum Gasteiger partial charge on any atom is 0.293 e. The average molecular weight is 312 g/mol. The van der Waals surface area contributed by atoms with Crippen LogP contribution in [0.2, 0.25) is 0 Å². The highest BCUT2D eigenvalue weighted by Crippen LogP contribution is 2.31. The van der Waals surface area contributed by atoms with Crippen molar-refractivity contribution in [3.8, 4) is 0 Å². The second-order valence-corrected chi connectivity index (χ2v) is 6.61. The number of thiazole rings is 1. The summed E-state index contributed by atoms with van der Waals surface area (Å²) in [5, 5.41) is 7.68. The molecule has 0 bridgehead atoms. The van der Waals surface area contributed by atoms with E-state index in [2.05, 4.69) is 45.2 Å². The van der Waals surface area contributed by atoms with E-state index < -0.39 is 0 Å². The molecule has 112 valence electrons. The molecular weight excluding hydrogens is 296 g/mol. The van der Waals surface area contributed by atoms with Gasteiger partial charge in [-0.15, -0.1) is 16.5 Å². The molecule has 0 radical (unpaired) electrons. The topological polar surface area (TPSA) is 57.9 Å². The van der Waals surface area contributed by atoms with Crippen LogP contribution >= 0.6 is 11.3 Å². The van der Waals surface area contributed by atoms with Crippen LogP contribution in [0.25, 0.3) is 10.2 Å². The summed E-state index contributed by atoms with van der Waals surface area (Å²) in [4.78, 5) is 18.5. The smallest absolute Gasteiger partial charge is 0.293 e.